The molecule has 1 N–H and O–H groups in total. The number of nitrogens with zero attached hydrogens (tertiary/aromatic N) is 1. The number of likely N-dealkylation sites (N-methyl/N-ethyl adjacent to an activating group) is 1. The van der Waals surface area contributed by atoms with E-state index in [1.807, 2.05) is 28.9 Å². The summed E-state index contributed by atoms with van der Waals surface area (Å²) in [6.07, 6.45) is 0. The third kappa shape index (κ3) is 2.25. The van der Waals surface area contributed by atoms with E-state index in [-0.39, 0.29) is 27.0 Å². The first-order chi connectivity index (χ1) is 6.74. The van der Waals surface area contributed by atoms with Crippen molar-refractivity contribution in [3.8, 4) is 0 Å². The summed E-state index contributed by atoms with van der Waals surface area (Å²) in [4.78, 5) is 11.6. The second-order valence-electron chi connectivity index (χ2n) is 3.21. The molecule has 0 saturated heterocycles. The van der Waals surface area contributed by atoms with Crippen LogP contribution in [0.1, 0.15) is 11.1 Å². The van der Waals surface area contributed by atoms with Crippen molar-refractivity contribution in [2.24, 2.45) is 0 Å². The predicted octanol–water partition coefficient (Wildman–Crippen LogP) is 0.916. The Bertz CT molecular complexity index is 372. The van der Waals surface area contributed by atoms with E-state index in [0.717, 1.165) is 18.2 Å². The number of rotatable bonds is 1. The van der Waals surface area contributed by atoms with Gasteiger partial charge in [0.2, 0.25) is 5.91 Å². The largest absolute Gasteiger partial charge is 0.365 e. The van der Waals surface area contributed by atoms with Gasteiger partial charge >= 0.3 is 0 Å². The van der Waals surface area contributed by atoms with Crippen molar-refractivity contribution >= 4 is 15.3 Å². The molecule has 5 heteroatoms. The van der Waals surface area contributed by atoms with E-state index >= 15 is 0 Å². The SMILES string of the molecule is CNC(=O)[C-]1c2ccccc2CN1P.[W]. The molecule has 1 aromatic rings. The van der Waals surface area contributed by atoms with Crippen LogP contribution in [0.25, 0.3) is 0 Å². The topological polar surface area (TPSA) is 32.3 Å². The van der Waals surface area contributed by atoms with E-state index < -0.39 is 0 Å². The van der Waals surface area contributed by atoms with E-state index in [1.54, 1.807) is 7.05 Å². The molecule has 1 unspecified atom stereocenters. The molecular formula is C10H12N2OPW-. The normalized spacial score (nSPS) is 14.4. The van der Waals surface area contributed by atoms with Crippen LogP contribution in [0, 0.1) is 6.04 Å². The summed E-state index contributed by atoms with van der Waals surface area (Å²) in [6, 6.07) is 8.69. The van der Waals surface area contributed by atoms with Crippen LogP contribution in [0.2, 0.25) is 0 Å². The van der Waals surface area contributed by atoms with Gasteiger partial charge < -0.3 is 9.99 Å². The maximum atomic E-state index is 11.6. The van der Waals surface area contributed by atoms with Crippen LogP contribution < -0.4 is 5.32 Å². The zero-order valence-electron chi connectivity index (χ0n) is 8.36. The van der Waals surface area contributed by atoms with Gasteiger partial charge in [0.05, 0.1) is 0 Å². The van der Waals surface area contributed by atoms with E-state index in [2.05, 4.69) is 14.7 Å². The summed E-state index contributed by atoms with van der Waals surface area (Å²) in [7, 11) is 4.22. The molecule has 1 aromatic carbocycles. The fourth-order valence-corrected chi connectivity index (χ4v) is 2.13. The number of nitrogens with one attached hydrogen (secondary N) is 1. The monoisotopic (exact) mass is 391 g/mol. The second kappa shape index (κ2) is 5.11. The molecule has 0 fully saturated rings. The molecular weight excluding hydrogens is 379 g/mol. The Labute approximate surface area is 106 Å². The minimum Gasteiger partial charge on any atom is -0.365 e. The Morgan fingerprint density at radius 3 is 2.87 bits per heavy atom. The molecule has 0 radical (unpaired) electrons. The van der Waals surface area contributed by atoms with Crippen LogP contribution in [0.15, 0.2) is 24.3 Å². The van der Waals surface area contributed by atoms with Gasteiger partial charge in [0.1, 0.15) is 0 Å². The Balaban J connectivity index is 0.00000112. The van der Waals surface area contributed by atoms with Crippen LogP contribution in [0.4, 0.5) is 0 Å². The van der Waals surface area contributed by atoms with Gasteiger partial charge in [-0.05, 0) is 12.6 Å². The van der Waals surface area contributed by atoms with Crippen LogP contribution in [0.5, 0.6) is 0 Å². The van der Waals surface area contributed by atoms with Crippen molar-refractivity contribution in [2.45, 2.75) is 6.54 Å². The minimum atomic E-state index is -0.0371. The van der Waals surface area contributed by atoms with Gasteiger partial charge in [0, 0.05) is 28.1 Å². The fraction of sp³-hybridized carbons (Fsp3) is 0.200. The maximum absolute atomic E-state index is 11.6. The van der Waals surface area contributed by atoms with E-state index in [9.17, 15) is 4.79 Å². The van der Waals surface area contributed by atoms with Crippen molar-refractivity contribution in [3.05, 3.63) is 41.4 Å². The molecule has 1 aliphatic heterocycles. The molecule has 1 atom stereocenters. The molecule has 1 amide bonds. The van der Waals surface area contributed by atoms with Gasteiger partial charge in [0.15, 0.2) is 0 Å². The standard InChI is InChI=1S/C10H12N2OP.W/c1-11-10(13)9-8-5-3-2-4-7(8)6-12(9)14;/h2-5H,6,14H2,1H3,(H,11,13);/q-1;. The summed E-state index contributed by atoms with van der Waals surface area (Å²) < 4.78 is 1.89. The first-order valence-electron chi connectivity index (χ1n) is 4.43. The maximum Gasteiger partial charge on any atom is 0.206 e. The summed E-state index contributed by atoms with van der Waals surface area (Å²) in [5.74, 6) is -0.0371. The number of amides is 1. The molecule has 3 nitrogen and oxygen atoms in total. The minimum absolute atomic E-state index is 0. The fourth-order valence-electron chi connectivity index (χ4n) is 1.68. The number of hydrogen-bond donors (Lipinski definition) is 1. The van der Waals surface area contributed by atoms with Gasteiger partial charge in [-0.25, -0.2) is 0 Å². The van der Waals surface area contributed by atoms with Crippen LogP contribution >= 0.6 is 9.39 Å². The Kier molecular flexibility index (Phi) is 4.33. The van der Waals surface area contributed by atoms with Gasteiger partial charge in [-0.15, -0.1) is 17.7 Å². The quantitative estimate of drug-likeness (QED) is 0.571. The average molecular weight is 391 g/mol. The molecule has 0 aliphatic carbocycles. The number of carbonyl (C=O) groups is 1. The summed E-state index contributed by atoms with van der Waals surface area (Å²) >= 11 is 0. The molecule has 1 aliphatic rings. The zero-order valence-corrected chi connectivity index (χ0v) is 12.4. The van der Waals surface area contributed by atoms with E-state index in [4.69, 9.17) is 0 Å². The third-order valence-corrected chi connectivity index (χ3v) is 2.78. The summed E-state index contributed by atoms with van der Waals surface area (Å²) in [5.41, 5.74) is 2.22. The van der Waals surface area contributed by atoms with Gasteiger partial charge in [-0.1, -0.05) is 15.5 Å². The smallest absolute Gasteiger partial charge is 0.206 e. The summed E-state index contributed by atoms with van der Waals surface area (Å²) in [5, 5.41) is 2.65. The first kappa shape index (κ1) is 12.7. The summed E-state index contributed by atoms with van der Waals surface area (Å²) in [6.45, 7) is 0.781. The zero-order chi connectivity index (χ0) is 10.1. The molecule has 0 aromatic heterocycles. The third-order valence-electron chi connectivity index (χ3n) is 2.34. The molecule has 1 heterocycles. The van der Waals surface area contributed by atoms with Crippen molar-refractivity contribution in [1.29, 1.82) is 0 Å². The molecule has 0 bridgehead atoms. The predicted molar refractivity (Wildman–Crippen MR) is 58.1 cm³/mol. The molecule has 80 valence electrons. The number of fused-ring (bicyclic) bond motifs is 1. The van der Waals surface area contributed by atoms with Crippen molar-refractivity contribution in [3.63, 3.8) is 0 Å². The molecule has 0 saturated carbocycles. The molecule has 0 spiro atoms. The Morgan fingerprint density at radius 2 is 2.20 bits per heavy atom. The van der Waals surface area contributed by atoms with Crippen molar-refractivity contribution in [1.82, 2.24) is 9.99 Å². The number of carbonyl (C=O) groups excluding carboxylic acids is 1. The van der Waals surface area contributed by atoms with Gasteiger partial charge in [0.25, 0.3) is 0 Å². The molecule has 2 rings (SSSR count). The van der Waals surface area contributed by atoms with Crippen LogP contribution in [0.3, 0.4) is 0 Å². The van der Waals surface area contributed by atoms with Crippen molar-refractivity contribution < 1.29 is 25.9 Å². The number of hydrogen-bond acceptors (Lipinski definition) is 2. The second-order valence-corrected chi connectivity index (χ2v) is 3.84. The van der Waals surface area contributed by atoms with Gasteiger partial charge in [-0.3, -0.25) is 4.79 Å². The van der Waals surface area contributed by atoms with E-state index in [0.29, 0.717) is 0 Å². The van der Waals surface area contributed by atoms with Crippen LogP contribution in [-0.4, -0.2) is 17.6 Å². The Hall–Kier alpha value is -0.362. The average Bonchev–Trinajstić information content (AvgIpc) is 2.53. The van der Waals surface area contributed by atoms with Gasteiger partial charge in [-0.2, -0.15) is 11.6 Å². The first-order valence-corrected chi connectivity index (χ1v) is 4.95. The number of benzene rings is 1. The Morgan fingerprint density at radius 1 is 1.53 bits per heavy atom. The van der Waals surface area contributed by atoms with E-state index in [1.165, 1.54) is 5.56 Å². The molecule has 15 heavy (non-hydrogen) atoms. The van der Waals surface area contributed by atoms with Crippen LogP contribution in [-0.2, 0) is 32.4 Å². The van der Waals surface area contributed by atoms with Crippen molar-refractivity contribution in [2.75, 3.05) is 7.05 Å².